The Kier molecular flexibility index (Phi) is 4.36. The number of benzene rings is 1. The van der Waals surface area contributed by atoms with Crippen molar-refractivity contribution < 1.29 is 9.84 Å². The summed E-state index contributed by atoms with van der Waals surface area (Å²) in [6.07, 6.45) is 1.04. The van der Waals surface area contributed by atoms with Crippen LogP contribution in [0.15, 0.2) is 18.2 Å². The molecule has 1 N–H and O–H groups in total. The molecule has 0 amide bonds. The molecule has 0 aromatic heterocycles. The van der Waals surface area contributed by atoms with Crippen molar-refractivity contribution in [3.63, 3.8) is 0 Å². The van der Waals surface area contributed by atoms with Gasteiger partial charge in [-0.1, -0.05) is 39.0 Å². The predicted octanol–water partition coefficient (Wildman–Crippen LogP) is 3.27. The summed E-state index contributed by atoms with van der Waals surface area (Å²) in [4.78, 5) is 0. The smallest absolute Gasteiger partial charge is 0.128 e. The Morgan fingerprint density at radius 1 is 1.25 bits per heavy atom. The fourth-order valence-corrected chi connectivity index (χ4v) is 1.75. The number of aliphatic hydroxyl groups is 1. The number of aliphatic hydroxyl groups excluding tert-OH is 1. The van der Waals surface area contributed by atoms with Crippen LogP contribution < -0.4 is 4.74 Å². The van der Waals surface area contributed by atoms with Gasteiger partial charge < -0.3 is 9.84 Å². The van der Waals surface area contributed by atoms with Gasteiger partial charge in [0.2, 0.25) is 0 Å². The maximum absolute atomic E-state index is 9.33. The van der Waals surface area contributed by atoms with E-state index in [9.17, 15) is 5.11 Å². The normalized spacial score (nSPS) is 11.6. The van der Waals surface area contributed by atoms with E-state index < -0.39 is 0 Å². The van der Waals surface area contributed by atoms with Gasteiger partial charge in [-0.2, -0.15) is 0 Å². The summed E-state index contributed by atoms with van der Waals surface area (Å²) < 4.78 is 5.69. The van der Waals surface area contributed by atoms with E-state index in [4.69, 9.17) is 4.74 Å². The highest BCUT2D eigenvalue weighted by Crippen LogP contribution is 2.36. The molecule has 0 fully saturated rings. The van der Waals surface area contributed by atoms with Crippen LogP contribution in [0.5, 0.6) is 5.75 Å². The second-order valence-corrected chi connectivity index (χ2v) is 4.62. The lowest BCUT2D eigenvalue weighted by Gasteiger charge is -2.27. The quantitative estimate of drug-likeness (QED) is 0.828. The summed E-state index contributed by atoms with van der Waals surface area (Å²) in [5.74, 6) is 0.861. The standard InChI is InChI=1S/C14H22O2/c1-5-14(3,4)12-9-7-8-11(10-15)13(12)16-6-2/h7-9,15H,5-6,10H2,1-4H3. The van der Waals surface area contributed by atoms with Crippen LogP contribution in [-0.2, 0) is 12.0 Å². The molecule has 0 bridgehead atoms. The summed E-state index contributed by atoms with van der Waals surface area (Å²) in [5.41, 5.74) is 2.14. The molecule has 1 aromatic rings. The van der Waals surface area contributed by atoms with Crippen LogP contribution in [0.1, 0.15) is 45.2 Å². The molecule has 0 saturated heterocycles. The number of hydrogen-bond acceptors (Lipinski definition) is 2. The van der Waals surface area contributed by atoms with Crippen LogP contribution in [0.4, 0.5) is 0 Å². The van der Waals surface area contributed by atoms with Gasteiger partial charge in [0.1, 0.15) is 5.75 Å². The van der Waals surface area contributed by atoms with Gasteiger partial charge in [-0.3, -0.25) is 0 Å². The van der Waals surface area contributed by atoms with Gasteiger partial charge in [-0.05, 0) is 18.8 Å². The van der Waals surface area contributed by atoms with Crippen LogP contribution in [0.2, 0.25) is 0 Å². The molecule has 0 aliphatic carbocycles. The van der Waals surface area contributed by atoms with Gasteiger partial charge in [0, 0.05) is 11.1 Å². The van der Waals surface area contributed by atoms with Gasteiger partial charge in [0.15, 0.2) is 0 Å². The predicted molar refractivity (Wildman–Crippen MR) is 66.9 cm³/mol. The van der Waals surface area contributed by atoms with Crippen LogP contribution >= 0.6 is 0 Å². The third kappa shape index (κ3) is 2.56. The van der Waals surface area contributed by atoms with Crippen molar-refractivity contribution in [3.05, 3.63) is 29.3 Å². The lowest BCUT2D eigenvalue weighted by molar-refractivity contribution is 0.264. The van der Waals surface area contributed by atoms with Crippen molar-refractivity contribution in [3.8, 4) is 5.75 Å². The average Bonchev–Trinajstić information content (AvgIpc) is 2.29. The molecule has 1 aromatic carbocycles. The second kappa shape index (κ2) is 5.35. The van der Waals surface area contributed by atoms with Gasteiger partial charge >= 0.3 is 0 Å². The maximum atomic E-state index is 9.33. The summed E-state index contributed by atoms with van der Waals surface area (Å²) >= 11 is 0. The first-order chi connectivity index (χ1) is 7.56. The molecule has 2 heteroatoms. The molecule has 2 nitrogen and oxygen atoms in total. The monoisotopic (exact) mass is 222 g/mol. The first-order valence-electron chi connectivity index (χ1n) is 5.92. The summed E-state index contributed by atoms with van der Waals surface area (Å²) in [6, 6.07) is 5.99. The van der Waals surface area contributed by atoms with E-state index in [1.165, 1.54) is 5.56 Å². The molecule has 0 atom stereocenters. The molecule has 1 rings (SSSR count). The van der Waals surface area contributed by atoms with Gasteiger partial charge in [0.25, 0.3) is 0 Å². The molecular formula is C14H22O2. The van der Waals surface area contributed by atoms with E-state index in [-0.39, 0.29) is 12.0 Å². The molecule has 0 aliphatic heterocycles. The first kappa shape index (κ1) is 13.0. The topological polar surface area (TPSA) is 29.5 Å². The van der Waals surface area contributed by atoms with Crippen molar-refractivity contribution in [1.29, 1.82) is 0 Å². The van der Waals surface area contributed by atoms with Crippen molar-refractivity contribution >= 4 is 0 Å². The minimum absolute atomic E-state index is 0.0307. The number of hydrogen-bond donors (Lipinski definition) is 1. The summed E-state index contributed by atoms with van der Waals surface area (Å²) in [7, 11) is 0. The molecular weight excluding hydrogens is 200 g/mol. The van der Waals surface area contributed by atoms with E-state index in [0.29, 0.717) is 6.61 Å². The minimum Gasteiger partial charge on any atom is -0.493 e. The molecule has 0 unspecified atom stereocenters. The SMILES string of the molecule is CCOc1c(CO)cccc1C(C)(C)CC. The third-order valence-electron chi connectivity index (χ3n) is 3.17. The van der Waals surface area contributed by atoms with E-state index in [0.717, 1.165) is 17.7 Å². The fraction of sp³-hybridized carbons (Fsp3) is 0.571. The third-order valence-corrected chi connectivity index (χ3v) is 3.17. The Labute approximate surface area is 98.3 Å². The Morgan fingerprint density at radius 2 is 1.94 bits per heavy atom. The molecule has 0 saturated carbocycles. The van der Waals surface area contributed by atoms with Crippen LogP contribution in [0.3, 0.4) is 0 Å². The van der Waals surface area contributed by atoms with Crippen molar-refractivity contribution in [2.45, 2.75) is 46.1 Å². The molecule has 0 heterocycles. The molecule has 16 heavy (non-hydrogen) atoms. The molecule has 90 valence electrons. The highest BCUT2D eigenvalue weighted by molar-refractivity contribution is 5.45. The summed E-state index contributed by atoms with van der Waals surface area (Å²) in [6.45, 7) is 9.20. The van der Waals surface area contributed by atoms with Crippen LogP contribution in [0.25, 0.3) is 0 Å². The molecule has 0 radical (unpaired) electrons. The maximum Gasteiger partial charge on any atom is 0.128 e. The minimum atomic E-state index is 0.0307. The Hall–Kier alpha value is -1.02. The number of rotatable bonds is 5. The van der Waals surface area contributed by atoms with Crippen molar-refractivity contribution in [1.82, 2.24) is 0 Å². The second-order valence-electron chi connectivity index (χ2n) is 4.62. The first-order valence-corrected chi connectivity index (χ1v) is 5.92. The Bertz CT molecular complexity index is 343. The van der Waals surface area contributed by atoms with Crippen molar-refractivity contribution in [2.24, 2.45) is 0 Å². The highest BCUT2D eigenvalue weighted by Gasteiger charge is 2.23. The Balaban J connectivity index is 3.26. The van der Waals surface area contributed by atoms with E-state index in [1.807, 2.05) is 19.1 Å². The van der Waals surface area contributed by atoms with Gasteiger partial charge in [-0.25, -0.2) is 0 Å². The van der Waals surface area contributed by atoms with Crippen molar-refractivity contribution in [2.75, 3.05) is 6.61 Å². The van der Waals surface area contributed by atoms with Gasteiger partial charge in [0.05, 0.1) is 13.2 Å². The molecule has 0 aliphatic rings. The lowest BCUT2D eigenvalue weighted by Crippen LogP contribution is -2.18. The molecule has 0 spiro atoms. The van der Waals surface area contributed by atoms with E-state index in [2.05, 4.69) is 26.8 Å². The number of ether oxygens (including phenoxy) is 1. The van der Waals surface area contributed by atoms with E-state index in [1.54, 1.807) is 0 Å². The zero-order chi connectivity index (χ0) is 12.2. The van der Waals surface area contributed by atoms with Crippen LogP contribution in [-0.4, -0.2) is 11.7 Å². The largest absolute Gasteiger partial charge is 0.493 e. The van der Waals surface area contributed by atoms with Gasteiger partial charge in [-0.15, -0.1) is 0 Å². The summed E-state index contributed by atoms with van der Waals surface area (Å²) in [5, 5.41) is 9.33. The zero-order valence-corrected chi connectivity index (χ0v) is 10.7. The van der Waals surface area contributed by atoms with E-state index >= 15 is 0 Å². The highest BCUT2D eigenvalue weighted by atomic mass is 16.5. The zero-order valence-electron chi connectivity index (χ0n) is 10.7. The Morgan fingerprint density at radius 3 is 2.44 bits per heavy atom. The lowest BCUT2D eigenvalue weighted by atomic mass is 9.81. The van der Waals surface area contributed by atoms with Crippen LogP contribution in [0, 0.1) is 0 Å². The fourth-order valence-electron chi connectivity index (χ4n) is 1.75. The number of para-hydroxylation sites is 1. The average molecular weight is 222 g/mol.